The molecule has 3 aromatic carbocycles. The van der Waals surface area contributed by atoms with Crippen LogP contribution in [0.1, 0.15) is 22.9 Å². The Labute approximate surface area is 189 Å². The van der Waals surface area contributed by atoms with Crippen LogP contribution >= 0.6 is 0 Å². The fourth-order valence-electron chi connectivity index (χ4n) is 3.58. The molecule has 0 saturated carbocycles. The predicted octanol–water partition coefficient (Wildman–Crippen LogP) is 2.83. The van der Waals surface area contributed by atoms with Crippen molar-refractivity contribution in [3.63, 3.8) is 0 Å². The molecule has 0 aliphatic carbocycles. The number of hydrogen-bond donors (Lipinski definition) is 1. The first-order chi connectivity index (χ1) is 16.0. The van der Waals surface area contributed by atoms with Gasteiger partial charge in [0.25, 0.3) is 5.56 Å². The van der Waals surface area contributed by atoms with E-state index in [0.29, 0.717) is 17.0 Å². The normalized spacial score (nSPS) is 11.8. The Kier molecular flexibility index (Phi) is 6.46. The molecule has 0 spiro atoms. The zero-order valence-corrected chi connectivity index (χ0v) is 18.0. The molecule has 168 valence electrons. The van der Waals surface area contributed by atoms with Crippen molar-refractivity contribution in [2.24, 2.45) is 5.73 Å². The Morgan fingerprint density at radius 3 is 2.45 bits per heavy atom. The van der Waals surface area contributed by atoms with Gasteiger partial charge >= 0.3 is 5.69 Å². The lowest BCUT2D eigenvalue weighted by molar-refractivity contribution is 0.414. The minimum absolute atomic E-state index is 0.0304. The molecule has 0 saturated heterocycles. The lowest BCUT2D eigenvalue weighted by atomic mass is 10.1. The molecule has 7 nitrogen and oxygen atoms in total. The topological polar surface area (TPSA) is 92.1 Å². The van der Waals surface area contributed by atoms with Crippen LogP contribution in [0.3, 0.4) is 0 Å². The molecule has 0 bridgehead atoms. The standard InChI is InChI=1S/C25H23FN4O3/c1-33-20-12-7-11-19(15-20)30-24(31)23(14-18-10-5-6-13-21(18)26)28-29(25(30)32)16-22(27)17-8-3-2-4-9-17/h2-13,15,22H,14,16,27H2,1H3. The van der Waals surface area contributed by atoms with Gasteiger partial charge in [0.05, 0.1) is 19.3 Å². The number of nitrogens with two attached hydrogens (primary N) is 1. The monoisotopic (exact) mass is 446 g/mol. The van der Waals surface area contributed by atoms with Crippen molar-refractivity contribution < 1.29 is 9.13 Å². The van der Waals surface area contributed by atoms with Gasteiger partial charge in [-0.1, -0.05) is 54.6 Å². The molecule has 1 atom stereocenters. The molecule has 1 heterocycles. The number of hydrogen-bond acceptors (Lipinski definition) is 5. The first kappa shape index (κ1) is 22.2. The van der Waals surface area contributed by atoms with Crippen molar-refractivity contribution in [1.29, 1.82) is 0 Å². The highest BCUT2D eigenvalue weighted by molar-refractivity contribution is 5.39. The second kappa shape index (κ2) is 9.62. The van der Waals surface area contributed by atoms with Gasteiger partial charge in [-0.15, -0.1) is 0 Å². The average Bonchev–Trinajstić information content (AvgIpc) is 2.84. The van der Waals surface area contributed by atoms with Gasteiger partial charge in [-0.25, -0.2) is 18.4 Å². The molecule has 0 aliphatic heterocycles. The van der Waals surface area contributed by atoms with E-state index in [1.54, 1.807) is 42.5 Å². The summed E-state index contributed by atoms with van der Waals surface area (Å²) in [5, 5.41) is 4.30. The van der Waals surface area contributed by atoms with Crippen LogP contribution in [0.2, 0.25) is 0 Å². The van der Waals surface area contributed by atoms with Crippen molar-refractivity contribution >= 4 is 0 Å². The maximum absolute atomic E-state index is 14.3. The maximum atomic E-state index is 14.3. The SMILES string of the molecule is COc1cccc(-n2c(=O)c(Cc3ccccc3F)nn(CC(N)c3ccccc3)c2=O)c1. The van der Waals surface area contributed by atoms with E-state index in [4.69, 9.17) is 10.5 Å². The fourth-order valence-corrected chi connectivity index (χ4v) is 3.58. The van der Waals surface area contributed by atoms with E-state index in [0.717, 1.165) is 14.8 Å². The number of ether oxygens (including phenoxy) is 1. The molecule has 1 unspecified atom stereocenters. The summed E-state index contributed by atoms with van der Waals surface area (Å²) in [4.78, 5) is 26.6. The van der Waals surface area contributed by atoms with Crippen molar-refractivity contribution in [1.82, 2.24) is 14.3 Å². The molecule has 8 heteroatoms. The third kappa shape index (κ3) is 4.75. The van der Waals surface area contributed by atoms with Gasteiger partial charge in [0.1, 0.15) is 17.3 Å². The van der Waals surface area contributed by atoms with E-state index in [9.17, 15) is 14.0 Å². The van der Waals surface area contributed by atoms with Gasteiger partial charge in [0.2, 0.25) is 0 Å². The molecule has 4 aromatic rings. The van der Waals surface area contributed by atoms with Crippen molar-refractivity contribution in [2.75, 3.05) is 7.11 Å². The number of methoxy groups -OCH3 is 1. The summed E-state index contributed by atoms with van der Waals surface area (Å²) in [5.74, 6) is 0.0316. The molecule has 33 heavy (non-hydrogen) atoms. The van der Waals surface area contributed by atoms with E-state index in [-0.39, 0.29) is 18.7 Å². The lowest BCUT2D eigenvalue weighted by Crippen LogP contribution is -2.44. The molecule has 4 rings (SSSR count). The molecule has 0 amide bonds. The van der Waals surface area contributed by atoms with Crippen LogP contribution in [0, 0.1) is 5.82 Å². The van der Waals surface area contributed by atoms with Crippen LogP contribution in [0.15, 0.2) is 88.5 Å². The summed E-state index contributed by atoms with van der Waals surface area (Å²) in [7, 11) is 1.50. The second-order valence-electron chi connectivity index (χ2n) is 7.54. The zero-order valence-electron chi connectivity index (χ0n) is 18.0. The van der Waals surface area contributed by atoms with E-state index in [1.165, 1.54) is 13.2 Å². The van der Waals surface area contributed by atoms with Crippen LogP contribution < -0.4 is 21.7 Å². The molecular weight excluding hydrogens is 423 g/mol. The van der Waals surface area contributed by atoms with Gasteiger partial charge in [-0.2, -0.15) is 5.10 Å². The highest BCUT2D eigenvalue weighted by Crippen LogP contribution is 2.16. The van der Waals surface area contributed by atoms with Crippen molar-refractivity contribution in [3.05, 3.63) is 122 Å². The molecule has 0 radical (unpaired) electrons. The first-order valence-electron chi connectivity index (χ1n) is 10.4. The van der Waals surface area contributed by atoms with E-state index >= 15 is 0 Å². The largest absolute Gasteiger partial charge is 0.497 e. The smallest absolute Gasteiger partial charge is 0.352 e. The van der Waals surface area contributed by atoms with Crippen LogP contribution in [0.5, 0.6) is 5.75 Å². The minimum atomic E-state index is -0.642. The molecule has 0 aliphatic rings. The Balaban J connectivity index is 1.86. The number of benzene rings is 3. The van der Waals surface area contributed by atoms with Crippen molar-refractivity contribution in [2.45, 2.75) is 19.0 Å². The third-order valence-corrected chi connectivity index (χ3v) is 5.33. The van der Waals surface area contributed by atoms with E-state index < -0.39 is 23.1 Å². The van der Waals surface area contributed by atoms with Crippen LogP contribution in [-0.2, 0) is 13.0 Å². The van der Waals surface area contributed by atoms with Gasteiger partial charge in [-0.05, 0) is 29.3 Å². The molecule has 0 fully saturated rings. The summed E-state index contributed by atoms with van der Waals surface area (Å²) in [6.07, 6.45) is -0.0731. The zero-order chi connectivity index (χ0) is 23.4. The fraction of sp³-hybridized carbons (Fsp3) is 0.160. The quantitative estimate of drug-likeness (QED) is 0.471. The molecule has 1 aromatic heterocycles. The van der Waals surface area contributed by atoms with Gasteiger partial charge in [0.15, 0.2) is 0 Å². The number of rotatable bonds is 7. The van der Waals surface area contributed by atoms with Crippen molar-refractivity contribution in [3.8, 4) is 11.4 Å². The Bertz CT molecular complexity index is 1380. The van der Waals surface area contributed by atoms with Crippen LogP contribution in [0.25, 0.3) is 5.69 Å². The molecular formula is C25H23FN4O3. The summed E-state index contributed by atoms with van der Waals surface area (Å²) in [6.45, 7) is 0.0391. The second-order valence-corrected chi connectivity index (χ2v) is 7.54. The number of halogens is 1. The van der Waals surface area contributed by atoms with Gasteiger partial charge < -0.3 is 10.5 Å². The van der Waals surface area contributed by atoms with E-state index in [2.05, 4.69) is 5.10 Å². The predicted molar refractivity (Wildman–Crippen MR) is 123 cm³/mol. The van der Waals surface area contributed by atoms with E-state index in [1.807, 2.05) is 30.3 Å². The highest BCUT2D eigenvalue weighted by atomic mass is 19.1. The lowest BCUT2D eigenvalue weighted by Gasteiger charge is -2.16. The Hall–Kier alpha value is -4.04. The Morgan fingerprint density at radius 2 is 1.73 bits per heavy atom. The summed E-state index contributed by atoms with van der Waals surface area (Å²) < 4.78 is 21.7. The van der Waals surface area contributed by atoms with Crippen LogP contribution in [-0.4, -0.2) is 21.5 Å². The number of nitrogens with zero attached hydrogens (tertiary/aromatic N) is 3. The van der Waals surface area contributed by atoms with Crippen LogP contribution in [0.4, 0.5) is 4.39 Å². The third-order valence-electron chi connectivity index (χ3n) is 5.33. The maximum Gasteiger partial charge on any atom is 0.352 e. The minimum Gasteiger partial charge on any atom is -0.497 e. The first-order valence-corrected chi connectivity index (χ1v) is 10.4. The average molecular weight is 446 g/mol. The molecule has 2 N–H and O–H groups in total. The Morgan fingerprint density at radius 1 is 1.00 bits per heavy atom. The van der Waals surface area contributed by atoms with Gasteiger partial charge in [-0.3, -0.25) is 4.79 Å². The summed E-state index contributed by atoms with van der Waals surface area (Å²) in [5.41, 5.74) is 6.54. The summed E-state index contributed by atoms with van der Waals surface area (Å²) in [6, 6.07) is 21.5. The van der Waals surface area contributed by atoms with Gasteiger partial charge in [0, 0.05) is 18.5 Å². The highest BCUT2D eigenvalue weighted by Gasteiger charge is 2.19. The summed E-state index contributed by atoms with van der Waals surface area (Å²) >= 11 is 0. The number of aromatic nitrogens is 3.